The van der Waals surface area contributed by atoms with Crippen LogP contribution in [-0.4, -0.2) is 6.54 Å². The van der Waals surface area contributed by atoms with Crippen LogP contribution in [0.15, 0.2) is 24.3 Å². The molecular weight excluding hydrogens is 254 g/mol. The van der Waals surface area contributed by atoms with Gasteiger partial charge in [-0.05, 0) is 67.0 Å². The second kappa shape index (κ2) is 7.45. The fraction of sp³-hybridized carbons (Fsp3) is 0.700. The van der Waals surface area contributed by atoms with Crippen LogP contribution in [0.2, 0.25) is 0 Å². The van der Waals surface area contributed by atoms with E-state index in [1.54, 1.807) is 0 Å². The van der Waals surface area contributed by atoms with Crippen molar-refractivity contribution in [3.8, 4) is 0 Å². The summed E-state index contributed by atoms with van der Waals surface area (Å²) in [6.45, 7) is 11.7. The average molecular weight is 287 g/mol. The van der Waals surface area contributed by atoms with Crippen molar-refractivity contribution in [2.24, 2.45) is 17.3 Å². The third-order valence-electron chi connectivity index (χ3n) is 5.32. The van der Waals surface area contributed by atoms with Gasteiger partial charge in [0.05, 0.1) is 0 Å². The van der Waals surface area contributed by atoms with Gasteiger partial charge < -0.3 is 5.32 Å². The minimum atomic E-state index is 0.498. The first-order chi connectivity index (χ1) is 10.0. The Labute approximate surface area is 131 Å². The molecule has 0 aromatic heterocycles. The number of rotatable bonds is 5. The Kier molecular flexibility index (Phi) is 5.87. The molecule has 118 valence electrons. The topological polar surface area (TPSA) is 12.0 Å². The van der Waals surface area contributed by atoms with Gasteiger partial charge in [-0.25, -0.2) is 0 Å². The van der Waals surface area contributed by atoms with Crippen LogP contribution < -0.4 is 5.32 Å². The highest BCUT2D eigenvalue weighted by Gasteiger charge is 2.29. The second-order valence-electron chi connectivity index (χ2n) is 7.84. The van der Waals surface area contributed by atoms with E-state index >= 15 is 0 Å². The van der Waals surface area contributed by atoms with E-state index < -0.39 is 0 Å². The van der Waals surface area contributed by atoms with Crippen LogP contribution in [0.4, 0.5) is 0 Å². The summed E-state index contributed by atoms with van der Waals surface area (Å²) in [5.41, 5.74) is 3.46. The van der Waals surface area contributed by atoms with Crippen molar-refractivity contribution in [1.82, 2.24) is 5.32 Å². The third-order valence-corrected chi connectivity index (χ3v) is 5.32. The van der Waals surface area contributed by atoms with E-state index in [4.69, 9.17) is 0 Å². The first-order valence-corrected chi connectivity index (χ1v) is 8.78. The van der Waals surface area contributed by atoms with Crippen LogP contribution in [0, 0.1) is 17.3 Å². The molecule has 1 nitrogen and oxygen atoms in total. The molecule has 1 N–H and O–H groups in total. The number of nitrogens with one attached hydrogen (secondary N) is 1. The molecule has 0 saturated heterocycles. The van der Waals surface area contributed by atoms with Crippen molar-refractivity contribution in [1.29, 1.82) is 0 Å². The van der Waals surface area contributed by atoms with Gasteiger partial charge in [-0.3, -0.25) is 0 Å². The van der Waals surface area contributed by atoms with Crippen LogP contribution in [0.1, 0.15) is 64.5 Å². The molecule has 1 aromatic carbocycles. The molecule has 0 unspecified atom stereocenters. The monoisotopic (exact) mass is 287 g/mol. The summed E-state index contributed by atoms with van der Waals surface area (Å²) in [4.78, 5) is 0. The molecule has 1 fully saturated rings. The molecule has 1 saturated carbocycles. The SMILES string of the molecule is CCc1ccccc1CNCC1CCC(C(C)(C)C)CC1. The van der Waals surface area contributed by atoms with Crippen molar-refractivity contribution in [2.75, 3.05) is 6.54 Å². The van der Waals surface area contributed by atoms with E-state index in [0.717, 1.165) is 24.8 Å². The largest absolute Gasteiger partial charge is 0.312 e. The maximum absolute atomic E-state index is 3.70. The minimum absolute atomic E-state index is 0.498. The van der Waals surface area contributed by atoms with Gasteiger partial charge in [0.2, 0.25) is 0 Å². The highest BCUT2D eigenvalue weighted by atomic mass is 14.9. The van der Waals surface area contributed by atoms with Gasteiger partial charge in [0.15, 0.2) is 0 Å². The summed E-state index contributed by atoms with van der Waals surface area (Å²) in [6.07, 6.45) is 6.78. The van der Waals surface area contributed by atoms with Crippen molar-refractivity contribution in [2.45, 2.75) is 66.3 Å². The minimum Gasteiger partial charge on any atom is -0.312 e. The maximum atomic E-state index is 3.70. The lowest BCUT2D eigenvalue weighted by Gasteiger charge is -2.37. The number of aryl methyl sites for hydroxylation is 1. The molecule has 0 spiro atoms. The van der Waals surface area contributed by atoms with E-state index in [1.165, 1.54) is 43.4 Å². The molecular formula is C20H33N. The fourth-order valence-corrected chi connectivity index (χ4v) is 3.72. The van der Waals surface area contributed by atoms with Gasteiger partial charge in [-0.1, -0.05) is 52.0 Å². The van der Waals surface area contributed by atoms with Crippen molar-refractivity contribution >= 4 is 0 Å². The molecule has 0 aliphatic heterocycles. The van der Waals surface area contributed by atoms with Crippen LogP contribution in [-0.2, 0) is 13.0 Å². The second-order valence-corrected chi connectivity index (χ2v) is 7.84. The van der Waals surface area contributed by atoms with Crippen molar-refractivity contribution in [3.63, 3.8) is 0 Å². The van der Waals surface area contributed by atoms with Crippen molar-refractivity contribution < 1.29 is 0 Å². The molecule has 1 aliphatic carbocycles. The lowest BCUT2D eigenvalue weighted by Crippen LogP contribution is -2.30. The van der Waals surface area contributed by atoms with E-state index in [0.29, 0.717) is 5.41 Å². The van der Waals surface area contributed by atoms with Crippen LogP contribution in [0.3, 0.4) is 0 Å². The maximum Gasteiger partial charge on any atom is 0.0208 e. The van der Waals surface area contributed by atoms with Gasteiger partial charge in [0.1, 0.15) is 0 Å². The molecule has 1 aromatic rings. The van der Waals surface area contributed by atoms with Gasteiger partial charge in [0.25, 0.3) is 0 Å². The molecule has 2 rings (SSSR count). The Morgan fingerprint density at radius 1 is 1.00 bits per heavy atom. The van der Waals surface area contributed by atoms with E-state index in [9.17, 15) is 0 Å². The fourth-order valence-electron chi connectivity index (χ4n) is 3.72. The van der Waals surface area contributed by atoms with E-state index in [-0.39, 0.29) is 0 Å². The standard InChI is InChI=1S/C20H33N/c1-5-17-8-6-7-9-18(17)15-21-14-16-10-12-19(13-11-16)20(2,3)4/h6-9,16,19,21H,5,10-15H2,1-4H3. The highest BCUT2D eigenvalue weighted by molar-refractivity contribution is 5.26. The van der Waals surface area contributed by atoms with Crippen molar-refractivity contribution in [3.05, 3.63) is 35.4 Å². The van der Waals surface area contributed by atoms with Gasteiger partial charge in [0, 0.05) is 6.54 Å². The van der Waals surface area contributed by atoms with Crippen LogP contribution in [0.25, 0.3) is 0 Å². The molecule has 0 bridgehead atoms. The Hall–Kier alpha value is -0.820. The third kappa shape index (κ3) is 4.85. The van der Waals surface area contributed by atoms with Gasteiger partial charge >= 0.3 is 0 Å². The Morgan fingerprint density at radius 2 is 1.62 bits per heavy atom. The van der Waals surface area contributed by atoms with Crippen LogP contribution in [0.5, 0.6) is 0 Å². The zero-order valence-electron chi connectivity index (χ0n) is 14.4. The predicted octanol–water partition coefficient (Wildman–Crippen LogP) is 5.19. The molecule has 1 aliphatic rings. The van der Waals surface area contributed by atoms with E-state index in [2.05, 4.69) is 57.3 Å². The zero-order chi connectivity index (χ0) is 15.3. The molecule has 0 amide bonds. The Balaban J connectivity index is 1.73. The van der Waals surface area contributed by atoms with Crippen LogP contribution >= 0.6 is 0 Å². The van der Waals surface area contributed by atoms with Gasteiger partial charge in [-0.15, -0.1) is 0 Å². The number of hydrogen-bond donors (Lipinski definition) is 1. The summed E-state index contributed by atoms with van der Waals surface area (Å²) < 4.78 is 0. The number of hydrogen-bond acceptors (Lipinski definition) is 1. The molecule has 0 atom stereocenters. The van der Waals surface area contributed by atoms with E-state index in [1.807, 2.05) is 0 Å². The zero-order valence-corrected chi connectivity index (χ0v) is 14.4. The first-order valence-electron chi connectivity index (χ1n) is 8.78. The average Bonchev–Trinajstić information content (AvgIpc) is 2.47. The lowest BCUT2D eigenvalue weighted by molar-refractivity contribution is 0.149. The van der Waals surface area contributed by atoms with Gasteiger partial charge in [-0.2, -0.15) is 0 Å². The highest BCUT2D eigenvalue weighted by Crippen LogP contribution is 2.39. The first kappa shape index (κ1) is 16.5. The predicted molar refractivity (Wildman–Crippen MR) is 92.4 cm³/mol. The summed E-state index contributed by atoms with van der Waals surface area (Å²) in [6, 6.07) is 8.83. The smallest absolute Gasteiger partial charge is 0.0208 e. The lowest BCUT2D eigenvalue weighted by atomic mass is 9.70. The molecule has 1 heteroatoms. The molecule has 21 heavy (non-hydrogen) atoms. The summed E-state index contributed by atoms with van der Waals surface area (Å²) >= 11 is 0. The number of benzene rings is 1. The summed E-state index contributed by atoms with van der Waals surface area (Å²) in [5.74, 6) is 1.81. The quantitative estimate of drug-likeness (QED) is 0.785. The summed E-state index contributed by atoms with van der Waals surface area (Å²) in [5, 5.41) is 3.70. The Morgan fingerprint density at radius 3 is 2.19 bits per heavy atom. The normalized spacial score (nSPS) is 23.2. The molecule has 0 radical (unpaired) electrons. The summed E-state index contributed by atoms with van der Waals surface area (Å²) in [7, 11) is 0. The Bertz CT molecular complexity index is 422. The molecule has 0 heterocycles.